The minimum absolute atomic E-state index is 0.0522. The third-order valence-electron chi connectivity index (χ3n) is 6.13. The molecule has 4 aromatic carbocycles. The Kier molecular flexibility index (Phi) is 4.99. The number of benzene rings is 4. The predicted molar refractivity (Wildman–Crippen MR) is 126 cm³/mol. The number of hydrogen-bond donors (Lipinski definition) is 1. The van der Waals surface area contributed by atoms with E-state index in [-0.39, 0.29) is 11.9 Å². The minimum atomic E-state index is -0.0522. The molecule has 0 unspecified atom stereocenters. The number of ether oxygens (including phenoxy) is 1. The van der Waals surface area contributed by atoms with Crippen LogP contribution < -0.4 is 10.1 Å². The van der Waals surface area contributed by atoms with Gasteiger partial charge >= 0.3 is 6.03 Å². The van der Waals surface area contributed by atoms with E-state index >= 15 is 0 Å². The number of hydrogen-bond acceptors (Lipinski definition) is 2. The van der Waals surface area contributed by atoms with Gasteiger partial charge in [-0.15, -0.1) is 0 Å². The maximum atomic E-state index is 11.9. The largest absolute Gasteiger partial charge is 0.457 e. The lowest BCUT2D eigenvalue weighted by Crippen LogP contribution is -2.35. The SMILES string of the molecule is CN(C)C(=O)NCCCC1c2c(ccc3ccccc23)Oc2ccc3ccccc3c21. The van der Waals surface area contributed by atoms with Crippen LogP contribution in [0, 0.1) is 0 Å². The van der Waals surface area contributed by atoms with Gasteiger partial charge in [0.1, 0.15) is 11.5 Å². The molecule has 4 aromatic rings. The highest BCUT2D eigenvalue weighted by Gasteiger charge is 2.30. The van der Waals surface area contributed by atoms with Crippen LogP contribution in [0.4, 0.5) is 4.79 Å². The fourth-order valence-corrected chi connectivity index (χ4v) is 4.66. The fraction of sp³-hybridized carbons (Fsp3) is 0.222. The van der Waals surface area contributed by atoms with Gasteiger partial charge in [-0.3, -0.25) is 0 Å². The van der Waals surface area contributed by atoms with E-state index in [4.69, 9.17) is 4.74 Å². The zero-order chi connectivity index (χ0) is 21.4. The standard InChI is InChI=1S/C27H26N2O2/c1-29(2)27(30)28-17-7-12-22-25-20-10-5-3-8-18(20)13-15-23(25)31-24-16-14-19-9-4-6-11-21(19)26(22)24/h3-6,8-11,13-16,22H,7,12,17H2,1-2H3,(H,28,30). The van der Waals surface area contributed by atoms with Gasteiger partial charge in [0.2, 0.25) is 0 Å². The van der Waals surface area contributed by atoms with E-state index in [0.717, 1.165) is 24.3 Å². The molecule has 0 saturated heterocycles. The van der Waals surface area contributed by atoms with Crippen LogP contribution in [0.25, 0.3) is 21.5 Å². The zero-order valence-corrected chi connectivity index (χ0v) is 17.9. The third-order valence-corrected chi connectivity index (χ3v) is 6.13. The topological polar surface area (TPSA) is 41.6 Å². The first-order chi connectivity index (χ1) is 15.1. The molecule has 1 N–H and O–H groups in total. The van der Waals surface area contributed by atoms with Gasteiger partial charge < -0.3 is 15.0 Å². The average Bonchev–Trinajstić information content (AvgIpc) is 2.80. The van der Waals surface area contributed by atoms with Crippen LogP contribution in [0.3, 0.4) is 0 Å². The Morgan fingerprint density at radius 2 is 1.39 bits per heavy atom. The van der Waals surface area contributed by atoms with Crippen molar-refractivity contribution in [3.05, 3.63) is 83.9 Å². The quantitative estimate of drug-likeness (QED) is 0.402. The fourth-order valence-electron chi connectivity index (χ4n) is 4.66. The summed E-state index contributed by atoms with van der Waals surface area (Å²) < 4.78 is 6.42. The van der Waals surface area contributed by atoms with Gasteiger partial charge in [-0.1, -0.05) is 60.7 Å². The van der Waals surface area contributed by atoms with Crippen molar-refractivity contribution in [2.24, 2.45) is 0 Å². The molecule has 4 heteroatoms. The molecule has 4 nitrogen and oxygen atoms in total. The molecule has 0 aromatic heterocycles. The molecule has 0 bridgehead atoms. The molecule has 1 aliphatic heterocycles. The van der Waals surface area contributed by atoms with Gasteiger partial charge in [0.05, 0.1) is 0 Å². The lowest BCUT2D eigenvalue weighted by molar-refractivity contribution is 0.217. The summed E-state index contributed by atoms with van der Waals surface area (Å²) in [5, 5.41) is 7.92. The van der Waals surface area contributed by atoms with Crippen LogP contribution >= 0.6 is 0 Å². The average molecular weight is 411 g/mol. The van der Waals surface area contributed by atoms with E-state index < -0.39 is 0 Å². The lowest BCUT2D eigenvalue weighted by Gasteiger charge is -2.31. The maximum Gasteiger partial charge on any atom is 0.316 e. The Bertz CT molecular complexity index is 1190. The first-order valence-corrected chi connectivity index (χ1v) is 10.8. The first-order valence-electron chi connectivity index (χ1n) is 10.8. The molecule has 1 heterocycles. The number of amides is 2. The number of rotatable bonds is 4. The van der Waals surface area contributed by atoms with Crippen LogP contribution in [0.2, 0.25) is 0 Å². The summed E-state index contributed by atoms with van der Waals surface area (Å²) in [5.41, 5.74) is 2.50. The molecule has 0 aliphatic carbocycles. The molecule has 2 amide bonds. The van der Waals surface area contributed by atoms with Crippen molar-refractivity contribution < 1.29 is 9.53 Å². The van der Waals surface area contributed by atoms with Crippen LogP contribution in [-0.2, 0) is 0 Å². The summed E-state index contributed by atoms with van der Waals surface area (Å²) >= 11 is 0. The van der Waals surface area contributed by atoms with Crippen molar-refractivity contribution in [3.8, 4) is 11.5 Å². The van der Waals surface area contributed by atoms with Gasteiger partial charge in [-0.2, -0.15) is 0 Å². The summed E-state index contributed by atoms with van der Waals surface area (Å²) in [6, 6.07) is 25.4. The number of nitrogens with zero attached hydrogens (tertiary/aromatic N) is 1. The van der Waals surface area contributed by atoms with Crippen LogP contribution in [0.5, 0.6) is 11.5 Å². The second-order valence-electron chi connectivity index (χ2n) is 8.32. The second-order valence-corrected chi connectivity index (χ2v) is 8.32. The van der Waals surface area contributed by atoms with E-state index in [0.29, 0.717) is 6.54 Å². The normalized spacial score (nSPS) is 12.8. The van der Waals surface area contributed by atoms with E-state index in [1.807, 2.05) is 0 Å². The van der Waals surface area contributed by atoms with E-state index in [1.165, 1.54) is 32.7 Å². The molecular weight excluding hydrogens is 384 g/mol. The Hall–Kier alpha value is -3.53. The van der Waals surface area contributed by atoms with E-state index in [1.54, 1.807) is 19.0 Å². The number of urea groups is 1. The zero-order valence-electron chi connectivity index (χ0n) is 17.9. The molecule has 0 saturated carbocycles. The molecule has 5 rings (SSSR count). The van der Waals surface area contributed by atoms with Crippen molar-refractivity contribution in [2.45, 2.75) is 18.8 Å². The predicted octanol–water partition coefficient (Wildman–Crippen LogP) is 6.28. The van der Waals surface area contributed by atoms with Gasteiger partial charge in [-0.05, 0) is 46.5 Å². The van der Waals surface area contributed by atoms with E-state index in [2.05, 4.69) is 78.1 Å². The Morgan fingerprint density at radius 3 is 1.94 bits per heavy atom. The number of nitrogens with one attached hydrogen (secondary N) is 1. The van der Waals surface area contributed by atoms with Gasteiger partial charge in [-0.25, -0.2) is 4.79 Å². The molecule has 1 aliphatic rings. The first kappa shape index (κ1) is 19.4. The Balaban J connectivity index is 1.59. The third kappa shape index (κ3) is 3.48. The van der Waals surface area contributed by atoms with Crippen LogP contribution in [0.1, 0.15) is 29.9 Å². The van der Waals surface area contributed by atoms with Crippen molar-refractivity contribution >= 4 is 27.6 Å². The van der Waals surface area contributed by atoms with Crippen LogP contribution in [-0.4, -0.2) is 31.6 Å². The number of fused-ring (bicyclic) bond motifs is 6. The minimum Gasteiger partial charge on any atom is -0.457 e. The summed E-state index contributed by atoms with van der Waals surface area (Å²) in [6.45, 7) is 0.647. The maximum absolute atomic E-state index is 11.9. The highest BCUT2D eigenvalue weighted by Crippen LogP contribution is 2.51. The number of carbonyl (C=O) groups is 1. The molecule has 0 fully saturated rings. The Labute approximate surface area is 182 Å². The van der Waals surface area contributed by atoms with Gasteiger partial charge in [0.15, 0.2) is 0 Å². The smallest absolute Gasteiger partial charge is 0.316 e. The Morgan fingerprint density at radius 1 is 0.839 bits per heavy atom. The van der Waals surface area contributed by atoms with Gasteiger partial charge in [0, 0.05) is 37.7 Å². The summed E-state index contributed by atoms with van der Waals surface area (Å²) in [6.07, 6.45) is 1.81. The van der Waals surface area contributed by atoms with Crippen molar-refractivity contribution in [1.82, 2.24) is 10.2 Å². The molecule has 0 atom stereocenters. The van der Waals surface area contributed by atoms with Crippen molar-refractivity contribution in [1.29, 1.82) is 0 Å². The summed E-state index contributed by atoms with van der Waals surface area (Å²) in [4.78, 5) is 13.5. The van der Waals surface area contributed by atoms with E-state index in [9.17, 15) is 4.79 Å². The number of carbonyl (C=O) groups excluding carboxylic acids is 1. The van der Waals surface area contributed by atoms with Crippen LogP contribution in [0.15, 0.2) is 72.8 Å². The molecule has 0 radical (unpaired) electrons. The molecular formula is C27H26N2O2. The summed E-state index contributed by atoms with van der Waals surface area (Å²) in [5.74, 6) is 2.07. The molecule has 0 spiro atoms. The highest BCUT2D eigenvalue weighted by molar-refractivity contribution is 5.94. The monoisotopic (exact) mass is 410 g/mol. The lowest BCUT2D eigenvalue weighted by atomic mass is 9.80. The highest BCUT2D eigenvalue weighted by atomic mass is 16.5. The molecule has 156 valence electrons. The second kappa shape index (κ2) is 7.95. The van der Waals surface area contributed by atoms with Gasteiger partial charge in [0.25, 0.3) is 0 Å². The van der Waals surface area contributed by atoms with Crippen molar-refractivity contribution in [3.63, 3.8) is 0 Å². The summed E-state index contributed by atoms with van der Waals surface area (Å²) in [7, 11) is 3.52. The van der Waals surface area contributed by atoms with Crippen molar-refractivity contribution in [2.75, 3.05) is 20.6 Å². The molecule has 31 heavy (non-hydrogen) atoms.